The van der Waals surface area contributed by atoms with E-state index in [9.17, 15) is 14.4 Å². The molecule has 248 valence electrons. The summed E-state index contributed by atoms with van der Waals surface area (Å²) in [6.07, 6.45) is 2.44. The van der Waals surface area contributed by atoms with Gasteiger partial charge in [-0.2, -0.15) is 0 Å². The first-order valence-electron chi connectivity index (χ1n) is 16.0. The van der Waals surface area contributed by atoms with E-state index in [2.05, 4.69) is 31.5 Å². The Bertz CT molecular complexity index is 1430. The van der Waals surface area contributed by atoms with E-state index in [0.717, 1.165) is 63.4 Å². The lowest BCUT2D eigenvalue weighted by Crippen LogP contribution is -2.47. The van der Waals surface area contributed by atoms with Crippen LogP contribution in [0.5, 0.6) is 5.75 Å². The SMILES string of the molecule is CCCCOC(=O)C1=C(C)N=C(C)C(C(=O)OC)C1c1cccc(NC(=O)NCCCN2CCN(c3ccccc3OC)CC2)c1. The van der Waals surface area contributed by atoms with E-state index in [4.69, 9.17) is 14.2 Å². The Morgan fingerprint density at radius 1 is 0.978 bits per heavy atom. The number of hydrogen-bond acceptors (Lipinski definition) is 9. The molecule has 1 saturated heterocycles. The molecule has 46 heavy (non-hydrogen) atoms. The van der Waals surface area contributed by atoms with Gasteiger partial charge in [0.2, 0.25) is 0 Å². The highest BCUT2D eigenvalue weighted by Crippen LogP contribution is 2.40. The molecule has 2 aromatic carbocycles. The summed E-state index contributed by atoms with van der Waals surface area (Å²) in [5, 5.41) is 5.85. The molecule has 2 heterocycles. The molecule has 2 aliphatic heterocycles. The van der Waals surface area contributed by atoms with Crippen LogP contribution in [0.25, 0.3) is 0 Å². The molecule has 2 aliphatic rings. The Balaban J connectivity index is 1.33. The number of methoxy groups -OCH3 is 2. The van der Waals surface area contributed by atoms with E-state index in [-0.39, 0.29) is 12.6 Å². The first kappa shape index (κ1) is 34.5. The van der Waals surface area contributed by atoms with E-state index in [0.29, 0.717) is 34.8 Å². The van der Waals surface area contributed by atoms with Crippen molar-refractivity contribution in [2.75, 3.05) is 70.3 Å². The van der Waals surface area contributed by atoms with Crippen LogP contribution in [0.1, 0.15) is 51.5 Å². The van der Waals surface area contributed by atoms with Gasteiger partial charge in [0.25, 0.3) is 0 Å². The lowest BCUT2D eigenvalue weighted by Gasteiger charge is -2.36. The molecule has 2 aromatic rings. The highest BCUT2D eigenvalue weighted by atomic mass is 16.5. The van der Waals surface area contributed by atoms with Gasteiger partial charge in [-0.1, -0.05) is 37.6 Å². The maximum Gasteiger partial charge on any atom is 0.336 e. The number of esters is 2. The van der Waals surface area contributed by atoms with E-state index >= 15 is 0 Å². The predicted octanol–water partition coefficient (Wildman–Crippen LogP) is 4.99. The summed E-state index contributed by atoms with van der Waals surface area (Å²) in [7, 11) is 3.02. The van der Waals surface area contributed by atoms with E-state index in [1.807, 2.05) is 31.2 Å². The molecule has 0 radical (unpaired) electrons. The normalized spacial score (nSPS) is 18.5. The number of para-hydroxylation sites is 2. The van der Waals surface area contributed by atoms with Crippen LogP contribution in [0.4, 0.5) is 16.2 Å². The third-order valence-corrected chi connectivity index (χ3v) is 8.47. The second-order valence-corrected chi connectivity index (χ2v) is 11.6. The number of nitrogens with one attached hydrogen (secondary N) is 2. The third-order valence-electron chi connectivity index (χ3n) is 8.47. The fraction of sp³-hybridized carbons (Fsp3) is 0.486. The van der Waals surface area contributed by atoms with Gasteiger partial charge in [-0.3, -0.25) is 14.7 Å². The lowest BCUT2D eigenvalue weighted by molar-refractivity contribution is -0.144. The summed E-state index contributed by atoms with van der Waals surface area (Å²) >= 11 is 0. The molecular formula is C35H47N5O6. The van der Waals surface area contributed by atoms with Crippen molar-refractivity contribution >= 4 is 35.1 Å². The first-order valence-corrected chi connectivity index (χ1v) is 16.0. The van der Waals surface area contributed by atoms with Crippen LogP contribution < -0.4 is 20.3 Å². The summed E-state index contributed by atoms with van der Waals surface area (Å²) in [6.45, 7) is 10.9. The standard InChI is InChI=1S/C35H47N5O6/c1-6-7-22-46-34(42)31-25(3)37-24(2)30(33(41)45-5)32(31)26-12-10-13-27(23-26)38-35(43)36-16-11-17-39-18-20-40(21-19-39)28-14-8-9-15-29(28)44-4/h8-10,12-15,23,30,32H,6-7,11,16-22H2,1-5H3,(H2,36,38,43). The Kier molecular flexibility index (Phi) is 12.6. The average molecular weight is 634 g/mol. The number of unbranched alkanes of at least 4 members (excludes halogenated alkanes) is 1. The summed E-state index contributed by atoms with van der Waals surface area (Å²) in [5.41, 5.74) is 3.72. The van der Waals surface area contributed by atoms with Crippen molar-refractivity contribution in [2.45, 2.75) is 46.0 Å². The molecule has 0 saturated carbocycles. The first-order chi connectivity index (χ1) is 22.3. The number of piperazine rings is 1. The third kappa shape index (κ3) is 8.66. The van der Waals surface area contributed by atoms with Crippen molar-refractivity contribution in [1.82, 2.24) is 10.2 Å². The average Bonchev–Trinajstić information content (AvgIpc) is 3.06. The minimum atomic E-state index is -0.803. The van der Waals surface area contributed by atoms with Crippen molar-refractivity contribution in [1.29, 1.82) is 0 Å². The van der Waals surface area contributed by atoms with Gasteiger partial charge in [0.1, 0.15) is 11.7 Å². The molecule has 11 heteroatoms. The van der Waals surface area contributed by atoms with Crippen molar-refractivity contribution in [3.8, 4) is 5.75 Å². The zero-order valence-corrected chi connectivity index (χ0v) is 27.6. The molecule has 2 amide bonds. The van der Waals surface area contributed by atoms with Gasteiger partial charge in [-0.25, -0.2) is 9.59 Å². The number of carbonyl (C=O) groups is 3. The van der Waals surface area contributed by atoms with Gasteiger partial charge < -0.3 is 29.7 Å². The summed E-state index contributed by atoms with van der Waals surface area (Å²) in [4.78, 5) is 48.3. The Labute approximate surface area is 272 Å². The van der Waals surface area contributed by atoms with Crippen LogP contribution >= 0.6 is 0 Å². The van der Waals surface area contributed by atoms with Crippen molar-refractivity contribution < 1.29 is 28.6 Å². The topological polar surface area (TPSA) is 122 Å². The fourth-order valence-electron chi connectivity index (χ4n) is 6.07. The minimum Gasteiger partial charge on any atom is -0.495 e. The zero-order chi connectivity index (χ0) is 33.1. The molecule has 4 rings (SSSR count). The number of allylic oxidation sites excluding steroid dienone is 1. The molecule has 0 aliphatic carbocycles. The van der Waals surface area contributed by atoms with Crippen molar-refractivity contribution in [3.63, 3.8) is 0 Å². The number of hydrogen-bond donors (Lipinski definition) is 2. The van der Waals surface area contributed by atoms with E-state index < -0.39 is 23.8 Å². The molecule has 0 spiro atoms. The number of benzene rings is 2. The number of urea groups is 1. The number of aliphatic imine (C=N–C) groups is 1. The van der Waals surface area contributed by atoms with Crippen LogP contribution in [0.2, 0.25) is 0 Å². The number of amides is 2. The molecule has 2 unspecified atom stereocenters. The van der Waals surface area contributed by atoms with Crippen LogP contribution in [0, 0.1) is 5.92 Å². The number of rotatable bonds is 13. The van der Waals surface area contributed by atoms with Crippen LogP contribution in [-0.2, 0) is 19.1 Å². The van der Waals surface area contributed by atoms with Gasteiger partial charge >= 0.3 is 18.0 Å². The van der Waals surface area contributed by atoms with Gasteiger partial charge in [-0.15, -0.1) is 0 Å². The maximum atomic E-state index is 13.3. The van der Waals surface area contributed by atoms with Crippen molar-refractivity contribution in [2.24, 2.45) is 10.9 Å². The molecule has 0 aromatic heterocycles. The van der Waals surface area contributed by atoms with Crippen LogP contribution in [0.15, 0.2) is 64.8 Å². The summed E-state index contributed by atoms with van der Waals surface area (Å²) in [6, 6.07) is 15.0. The quantitative estimate of drug-likeness (QED) is 0.234. The van der Waals surface area contributed by atoms with Gasteiger partial charge in [-0.05, 0) is 63.1 Å². The monoisotopic (exact) mass is 633 g/mol. The molecule has 2 N–H and O–H groups in total. The second kappa shape index (κ2) is 16.8. The largest absolute Gasteiger partial charge is 0.495 e. The Morgan fingerprint density at radius 2 is 1.74 bits per heavy atom. The zero-order valence-electron chi connectivity index (χ0n) is 27.6. The summed E-state index contributed by atoms with van der Waals surface area (Å²) < 4.78 is 16.2. The number of ether oxygens (including phenoxy) is 3. The smallest absolute Gasteiger partial charge is 0.336 e. The van der Waals surface area contributed by atoms with E-state index in [1.165, 1.54) is 7.11 Å². The summed E-state index contributed by atoms with van der Waals surface area (Å²) in [5.74, 6) is -1.58. The lowest BCUT2D eigenvalue weighted by atomic mass is 9.75. The highest BCUT2D eigenvalue weighted by molar-refractivity contribution is 6.07. The molecule has 1 fully saturated rings. The van der Waals surface area contributed by atoms with Crippen LogP contribution in [0.3, 0.4) is 0 Å². The Hall–Kier alpha value is -4.38. The van der Waals surface area contributed by atoms with Gasteiger partial charge in [0.05, 0.1) is 32.1 Å². The molecule has 2 atom stereocenters. The minimum absolute atomic E-state index is 0.283. The molecular weight excluding hydrogens is 586 g/mol. The fourth-order valence-corrected chi connectivity index (χ4v) is 6.07. The Morgan fingerprint density at radius 3 is 2.46 bits per heavy atom. The molecule has 0 bridgehead atoms. The number of carbonyl (C=O) groups excluding carboxylic acids is 3. The molecule has 11 nitrogen and oxygen atoms in total. The second-order valence-electron chi connectivity index (χ2n) is 11.6. The van der Waals surface area contributed by atoms with E-state index in [1.54, 1.807) is 39.2 Å². The van der Waals surface area contributed by atoms with Crippen LogP contribution in [-0.4, -0.2) is 88.7 Å². The maximum absolute atomic E-state index is 13.3. The number of anilines is 2. The van der Waals surface area contributed by atoms with Gasteiger partial charge in [0.15, 0.2) is 0 Å². The van der Waals surface area contributed by atoms with Crippen molar-refractivity contribution in [3.05, 3.63) is 65.4 Å². The number of nitrogens with zero attached hydrogens (tertiary/aromatic N) is 3. The predicted molar refractivity (Wildman–Crippen MR) is 180 cm³/mol. The van der Waals surface area contributed by atoms with Gasteiger partial charge in [0, 0.05) is 55.7 Å². The highest BCUT2D eigenvalue weighted by Gasteiger charge is 2.42.